The van der Waals surface area contributed by atoms with Crippen LogP contribution >= 0.6 is 11.6 Å². The first-order valence-electron chi connectivity index (χ1n) is 4.82. The van der Waals surface area contributed by atoms with Gasteiger partial charge in [0.1, 0.15) is 5.82 Å². The molecule has 1 aromatic carbocycles. The zero-order chi connectivity index (χ0) is 12.4. The van der Waals surface area contributed by atoms with Gasteiger partial charge in [-0.3, -0.25) is 9.48 Å². The Labute approximate surface area is 102 Å². The molecule has 0 saturated heterocycles. The van der Waals surface area contributed by atoms with Crippen molar-refractivity contribution in [3.63, 3.8) is 0 Å². The lowest BCUT2D eigenvalue weighted by Crippen LogP contribution is -2.14. The van der Waals surface area contributed by atoms with Gasteiger partial charge in [-0.15, -0.1) is 0 Å². The maximum absolute atomic E-state index is 13.4. The Morgan fingerprint density at radius 3 is 2.88 bits per heavy atom. The van der Waals surface area contributed by atoms with Crippen molar-refractivity contribution >= 4 is 23.2 Å². The second-order valence-corrected chi connectivity index (χ2v) is 3.86. The number of carbonyl (C=O) groups is 1. The number of aryl methyl sites for hydroxylation is 1. The summed E-state index contributed by atoms with van der Waals surface area (Å²) in [6.45, 7) is 0. The number of rotatable bonds is 2. The summed E-state index contributed by atoms with van der Waals surface area (Å²) < 4.78 is 15.0. The first-order chi connectivity index (χ1) is 8.08. The molecule has 0 aliphatic carbocycles. The molecule has 4 nitrogen and oxygen atoms in total. The lowest BCUT2D eigenvalue weighted by Gasteiger charge is -2.05. The standard InChI is InChI=1S/C11H9ClFN3O/c1-16-6-7(5-14-16)15-11(17)10-8(12)3-2-4-9(10)13/h2-6H,1H3,(H,15,17). The molecule has 6 heteroatoms. The second-order valence-electron chi connectivity index (χ2n) is 3.45. The highest BCUT2D eigenvalue weighted by Crippen LogP contribution is 2.20. The summed E-state index contributed by atoms with van der Waals surface area (Å²) in [5, 5.41) is 6.47. The minimum Gasteiger partial charge on any atom is -0.319 e. The number of anilines is 1. The van der Waals surface area contributed by atoms with Crippen molar-refractivity contribution in [3.05, 3.63) is 47.0 Å². The van der Waals surface area contributed by atoms with Crippen LogP contribution in [0.3, 0.4) is 0 Å². The average molecular weight is 254 g/mol. The Morgan fingerprint density at radius 2 is 2.29 bits per heavy atom. The van der Waals surface area contributed by atoms with E-state index in [4.69, 9.17) is 11.6 Å². The quantitative estimate of drug-likeness (QED) is 0.894. The van der Waals surface area contributed by atoms with Gasteiger partial charge in [0.15, 0.2) is 0 Å². The van der Waals surface area contributed by atoms with Crippen LogP contribution in [0, 0.1) is 5.82 Å². The molecule has 0 atom stereocenters. The van der Waals surface area contributed by atoms with Crippen molar-refractivity contribution in [1.82, 2.24) is 9.78 Å². The fourth-order valence-corrected chi connectivity index (χ4v) is 1.64. The van der Waals surface area contributed by atoms with Gasteiger partial charge in [-0.2, -0.15) is 5.10 Å². The fraction of sp³-hybridized carbons (Fsp3) is 0.0909. The smallest absolute Gasteiger partial charge is 0.260 e. The summed E-state index contributed by atoms with van der Waals surface area (Å²) in [5.74, 6) is -1.25. The van der Waals surface area contributed by atoms with Gasteiger partial charge in [0.25, 0.3) is 5.91 Å². The molecular formula is C11H9ClFN3O. The molecular weight excluding hydrogens is 245 g/mol. The number of benzene rings is 1. The van der Waals surface area contributed by atoms with Gasteiger partial charge in [-0.1, -0.05) is 17.7 Å². The van der Waals surface area contributed by atoms with Crippen molar-refractivity contribution in [2.45, 2.75) is 0 Å². The Kier molecular flexibility index (Phi) is 3.10. The maximum atomic E-state index is 13.4. The van der Waals surface area contributed by atoms with Gasteiger partial charge in [-0.25, -0.2) is 4.39 Å². The fourth-order valence-electron chi connectivity index (χ4n) is 1.39. The third-order valence-electron chi connectivity index (χ3n) is 2.15. The van der Waals surface area contributed by atoms with Gasteiger partial charge in [0.2, 0.25) is 0 Å². The molecule has 0 spiro atoms. The van der Waals surface area contributed by atoms with E-state index in [1.807, 2.05) is 0 Å². The maximum Gasteiger partial charge on any atom is 0.260 e. The lowest BCUT2D eigenvalue weighted by atomic mass is 10.2. The predicted molar refractivity (Wildman–Crippen MR) is 62.6 cm³/mol. The monoisotopic (exact) mass is 253 g/mol. The molecule has 2 aromatic rings. The van der Waals surface area contributed by atoms with Crippen LogP contribution in [-0.2, 0) is 7.05 Å². The molecule has 88 valence electrons. The summed E-state index contributed by atoms with van der Waals surface area (Å²) >= 11 is 5.77. The summed E-state index contributed by atoms with van der Waals surface area (Å²) in [4.78, 5) is 11.8. The van der Waals surface area contributed by atoms with Crippen molar-refractivity contribution in [1.29, 1.82) is 0 Å². The number of amides is 1. The predicted octanol–water partition coefficient (Wildman–Crippen LogP) is 2.46. The van der Waals surface area contributed by atoms with E-state index in [0.717, 1.165) is 0 Å². The Bertz CT molecular complexity index is 547. The molecule has 0 fully saturated rings. The number of nitrogens with zero attached hydrogens (tertiary/aromatic N) is 2. The number of hydrogen-bond acceptors (Lipinski definition) is 2. The number of carbonyl (C=O) groups excluding carboxylic acids is 1. The van der Waals surface area contributed by atoms with E-state index in [0.29, 0.717) is 5.69 Å². The molecule has 1 amide bonds. The molecule has 1 heterocycles. The number of hydrogen-bond donors (Lipinski definition) is 1. The van der Waals surface area contributed by atoms with Crippen LogP contribution < -0.4 is 5.32 Å². The average Bonchev–Trinajstić information content (AvgIpc) is 2.63. The van der Waals surface area contributed by atoms with Gasteiger partial charge >= 0.3 is 0 Å². The lowest BCUT2D eigenvalue weighted by molar-refractivity contribution is 0.102. The van der Waals surface area contributed by atoms with Crippen LogP contribution in [0.4, 0.5) is 10.1 Å². The highest BCUT2D eigenvalue weighted by molar-refractivity contribution is 6.34. The molecule has 1 aromatic heterocycles. The zero-order valence-corrected chi connectivity index (χ0v) is 9.70. The van der Waals surface area contributed by atoms with E-state index < -0.39 is 11.7 Å². The number of aromatic nitrogens is 2. The molecule has 0 aliphatic rings. The number of nitrogens with one attached hydrogen (secondary N) is 1. The van der Waals surface area contributed by atoms with Gasteiger partial charge < -0.3 is 5.32 Å². The van der Waals surface area contributed by atoms with Crippen molar-refractivity contribution < 1.29 is 9.18 Å². The van der Waals surface area contributed by atoms with Crippen LogP contribution in [0.1, 0.15) is 10.4 Å². The summed E-state index contributed by atoms with van der Waals surface area (Å²) in [6, 6.07) is 4.09. The first-order valence-corrected chi connectivity index (χ1v) is 5.20. The van der Waals surface area contributed by atoms with E-state index in [2.05, 4.69) is 10.4 Å². The minimum absolute atomic E-state index is 0.0754. The molecule has 0 radical (unpaired) electrons. The molecule has 0 aliphatic heterocycles. The third-order valence-corrected chi connectivity index (χ3v) is 2.47. The van der Waals surface area contributed by atoms with Crippen LogP contribution in [0.25, 0.3) is 0 Å². The third kappa shape index (κ3) is 2.45. The summed E-state index contributed by atoms with van der Waals surface area (Å²) in [6.07, 6.45) is 3.07. The van der Waals surface area contributed by atoms with Gasteiger partial charge in [-0.05, 0) is 12.1 Å². The first kappa shape index (κ1) is 11.6. The van der Waals surface area contributed by atoms with Crippen LogP contribution in [0.15, 0.2) is 30.6 Å². The molecule has 0 bridgehead atoms. The highest BCUT2D eigenvalue weighted by Gasteiger charge is 2.16. The normalized spacial score (nSPS) is 10.3. The molecule has 2 rings (SSSR count). The molecule has 17 heavy (non-hydrogen) atoms. The summed E-state index contributed by atoms with van der Waals surface area (Å²) in [5.41, 5.74) is 0.315. The van der Waals surface area contributed by atoms with E-state index in [-0.39, 0.29) is 10.6 Å². The second kappa shape index (κ2) is 4.55. The van der Waals surface area contributed by atoms with Crippen LogP contribution in [-0.4, -0.2) is 15.7 Å². The molecule has 0 saturated carbocycles. The zero-order valence-electron chi connectivity index (χ0n) is 8.95. The summed E-state index contributed by atoms with van der Waals surface area (Å²) in [7, 11) is 1.71. The molecule has 1 N–H and O–H groups in total. The SMILES string of the molecule is Cn1cc(NC(=O)c2c(F)cccc2Cl)cn1. The van der Waals surface area contributed by atoms with Crippen molar-refractivity contribution in [3.8, 4) is 0 Å². The molecule has 0 unspecified atom stereocenters. The number of halogens is 2. The Morgan fingerprint density at radius 1 is 1.53 bits per heavy atom. The van der Waals surface area contributed by atoms with Crippen LogP contribution in [0.5, 0.6) is 0 Å². The minimum atomic E-state index is -0.654. The Hall–Kier alpha value is -1.88. The topological polar surface area (TPSA) is 46.9 Å². The van der Waals surface area contributed by atoms with Crippen molar-refractivity contribution in [2.24, 2.45) is 7.05 Å². The van der Waals surface area contributed by atoms with Crippen LogP contribution in [0.2, 0.25) is 5.02 Å². The van der Waals surface area contributed by atoms with E-state index in [1.54, 1.807) is 13.2 Å². The van der Waals surface area contributed by atoms with E-state index in [9.17, 15) is 9.18 Å². The Balaban J connectivity index is 2.26. The largest absolute Gasteiger partial charge is 0.319 e. The van der Waals surface area contributed by atoms with E-state index in [1.165, 1.54) is 29.1 Å². The highest BCUT2D eigenvalue weighted by atomic mass is 35.5. The van der Waals surface area contributed by atoms with Gasteiger partial charge in [0.05, 0.1) is 22.5 Å². The van der Waals surface area contributed by atoms with Crippen molar-refractivity contribution in [2.75, 3.05) is 5.32 Å². The van der Waals surface area contributed by atoms with Gasteiger partial charge in [0, 0.05) is 13.2 Å². The van der Waals surface area contributed by atoms with E-state index >= 15 is 0 Å².